The van der Waals surface area contributed by atoms with Gasteiger partial charge < -0.3 is 28.7 Å². The smallest absolute Gasteiger partial charge is 0.409 e. The van der Waals surface area contributed by atoms with E-state index in [4.69, 9.17) is 23.8 Å². The molecule has 1 N–H and O–H groups in total. The van der Waals surface area contributed by atoms with Gasteiger partial charge in [0.2, 0.25) is 0 Å². The molecule has 0 aromatic carbocycles. The van der Waals surface area contributed by atoms with Gasteiger partial charge in [-0.05, 0) is 20.5 Å². The van der Waals surface area contributed by atoms with Crippen molar-refractivity contribution in [3.05, 3.63) is 0 Å². The Balaban J connectivity index is 2.19. The summed E-state index contributed by atoms with van der Waals surface area (Å²) >= 11 is 0. The summed E-state index contributed by atoms with van der Waals surface area (Å²) in [6, 6.07) is 0. The van der Waals surface area contributed by atoms with Crippen molar-refractivity contribution in [3.8, 4) is 0 Å². The van der Waals surface area contributed by atoms with E-state index in [-0.39, 0.29) is 19.3 Å². The maximum Gasteiger partial charge on any atom is 0.409 e. The summed E-state index contributed by atoms with van der Waals surface area (Å²) < 4.78 is 25.6. The average molecular weight is 381 g/mol. The summed E-state index contributed by atoms with van der Waals surface area (Å²) in [5.41, 5.74) is 0. The van der Waals surface area contributed by atoms with Gasteiger partial charge in [0.25, 0.3) is 0 Å². The second kappa shape index (κ2) is 13.6. The van der Waals surface area contributed by atoms with E-state index in [1.807, 2.05) is 14.1 Å². The molecule has 1 fully saturated rings. The molecule has 0 spiro atoms. The monoisotopic (exact) mass is 381 g/mol. The van der Waals surface area contributed by atoms with Gasteiger partial charge in [-0.1, -0.05) is 0 Å². The van der Waals surface area contributed by atoms with Gasteiger partial charge in [-0.2, -0.15) is 0 Å². The third kappa shape index (κ3) is 9.10. The van der Waals surface area contributed by atoms with Crippen LogP contribution in [0.4, 0.5) is 4.79 Å². The van der Waals surface area contributed by atoms with Gasteiger partial charge in [-0.25, -0.2) is 9.46 Å². The molecular weight excluding hydrogens is 349 g/mol. The highest BCUT2D eigenvalue weighted by molar-refractivity contribution is 7.47. The number of amides is 1. The number of aliphatic hydroxyl groups is 1. The van der Waals surface area contributed by atoms with Crippen molar-refractivity contribution in [2.45, 2.75) is 6.42 Å². The quantitative estimate of drug-likeness (QED) is 0.411. The Hall–Kier alpha value is -0.540. The zero-order chi connectivity index (χ0) is 18.5. The van der Waals surface area contributed by atoms with Crippen LogP contribution in [-0.2, 0) is 18.7 Å². The van der Waals surface area contributed by atoms with Crippen LogP contribution < -0.4 is 0 Å². The maximum absolute atomic E-state index is 12.1. The maximum atomic E-state index is 12.1. The number of rotatable bonds is 11. The molecule has 1 rings (SSSR count). The van der Waals surface area contributed by atoms with E-state index in [0.29, 0.717) is 39.5 Å². The predicted molar refractivity (Wildman–Crippen MR) is 95.5 cm³/mol. The lowest BCUT2D eigenvalue weighted by atomic mass is 10.4. The summed E-state index contributed by atoms with van der Waals surface area (Å²) in [7, 11) is 4.95. The molecule has 25 heavy (non-hydrogen) atoms. The lowest BCUT2D eigenvalue weighted by molar-refractivity contribution is 0.0144. The zero-order valence-electron chi connectivity index (χ0n) is 15.6. The van der Waals surface area contributed by atoms with Crippen molar-refractivity contribution in [2.24, 2.45) is 0 Å². The number of ether oxygens (including phenoxy) is 3. The molecule has 1 aliphatic rings. The molecular formula is C15H32N3O6P. The lowest BCUT2D eigenvalue weighted by Crippen LogP contribution is -2.36. The van der Waals surface area contributed by atoms with Crippen molar-refractivity contribution in [2.75, 3.05) is 87.0 Å². The fraction of sp³-hybridized carbons (Fsp3) is 0.933. The number of carbonyl (C=O) groups excluding carboxylic acids is 1. The predicted octanol–water partition coefficient (Wildman–Crippen LogP) is 0.591. The third-order valence-corrected chi connectivity index (χ3v) is 5.43. The molecule has 0 aliphatic carbocycles. The van der Waals surface area contributed by atoms with Crippen molar-refractivity contribution in [1.82, 2.24) is 14.2 Å². The first-order valence-electron chi connectivity index (χ1n) is 8.54. The molecule has 0 aromatic heterocycles. The van der Waals surface area contributed by atoms with Crippen LogP contribution in [0.3, 0.4) is 0 Å². The zero-order valence-corrected chi connectivity index (χ0v) is 16.4. The van der Waals surface area contributed by atoms with Gasteiger partial charge in [0.1, 0.15) is 6.61 Å². The fourth-order valence-electron chi connectivity index (χ4n) is 2.45. The van der Waals surface area contributed by atoms with E-state index < -0.39 is 8.45 Å². The molecule has 1 atom stereocenters. The van der Waals surface area contributed by atoms with Gasteiger partial charge in [0.05, 0.1) is 33.0 Å². The largest absolute Gasteiger partial charge is 0.447 e. The van der Waals surface area contributed by atoms with Crippen LogP contribution in [-0.4, -0.2) is 112 Å². The van der Waals surface area contributed by atoms with Crippen molar-refractivity contribution < 1.29 is 28.6 Å². The lowest BCUT2D eigenvalue weighted by Gasteiger charge is -2.32. The van der Waals surface area contributed by atoms with Crippen LogP contribution in [0.15, 0.2) is 0 Å². The number of aliphatic hydroxyl groups excluding tert-OH is 1. The molecule has 1 amide bonds. The second-order valence-electron chi connectivity index (χ2n) is 5.64. The van der Waals surface area contributed by atoms with E-state index in [2.05, 4.69) is 9.34 Å². The van der Waals surface area contributed by atoms with Crippen molar-refractivity contribution >= 4 is 14.5 Å². The molecule has 0 bridgehead atoms. The Morgan fingerprint density at radius 2 is 1.72 bits per heavy atom. The SMILES string of the molecule is COP(N(C)C)N1CCCN(C(=O)OCCOCCOCCO)CC1. The minimum absolute atomic E-state index is 0.00566. The highest BCUT2D eigenvalue weighted by Crippen LogP contribution is 2.42. The molecule has 1 saturated heterocycles. The van der Waals surface area contributed by atoms with Gasteiger partial charge in [-0.15, -0.1) is 0 Å². The summed E-state index contributed by atoms with van der Waals surface area (Å²) in [4.78, 5) is 13.9. The van der Waals surface area contributed by atoms with E-state index in [1.54, 1.807) is 12.0 Å². The van der Waals surface area contributed by atoms with Gasteiger partial charge in [0, 0.05) is 33.3 Å². The number of carbonyl (C=O) groups is 1. The van der Waals surface area contributed by atoms with E-state index in [0.717, 1.165) is 19.5 Å². The topological polar surface area (TPSA) is 83.9 Å². The van der Waals surface area contributed by atoms with Crippen molar-refractivity contribution in [1.29, 1.82) is 0 Å². The fourth-order valence-corrected chi connectivity index (χ4v) is 4.09. The first-order chi connectivity index (χ1) is 12.1. The Morgan fingerprint density at radius 3 is 2.36 bits per heavy atom. The molecule has 1 aliphatic heterocycles. The van der Waals surface area contributed by atoms with E-state index >= 15 is 0 Å². The second-order valence-corrected chi connectivity index (χ2v) is 7.88. The van der Waals surface area contributed by atoms with E-state index in [1.165, 1.54) is 0 Å². The first-order valence-corrected chi connectivity index (χ1v) is 9.71. The minimum atomic E-state index is -0.773. The van der Waals surface area contributed by atoms with Crippen LogP contribution >= 0.6 is 8.45 Å². The molecule has 148 valence electrons. The Kier molecular flexibility index (Phi) is 12.3. The average Bonchev–Trinajstić information content (AvgIpc) is 2.83. The minimum Gasteiger partial charge on any atom is -0.447 e. The molecule has 0 saturated carbocycles. The van der Waals surface area contributed by atoms with Crippen LogP contribution in [0, 0.1) is 0 Å². The van der Waals surface area contributed by atoms with Crippen LogP contribution in [0.5, 0.6) is 0 Å². The highest BCUT2D eigenvalue weighted by Gasteiger charge is 2.26. The van der Waals surface area contributed by atoms with Crippen LogP contribution in [0.1, 0.15) is 6.42 Å². The summed E-state index contributed by atoms with van der Waals surface area (Å²) in [6.07, 6.45) is 0.595. The van der Waals surface area contributed by atoms with Gasteiger partial charge >= 0.3 is 6.09 Å². The van der Waals surface area contributed by atoms with Gasteiger partial charge in [0.15, 0.2) is 8.45 Å². The normalized spacial score (nSPS) is 17.6. The summed E-state index contributed by atoms with van der Waals surface area (Å²) in [5, 5.41) is 8.56. The Bertz CT molecular complexity index is 364. The van der Waals surface area contributed by atoms with Crippen LogP contribution in [0.2, 0.25) is 0 Å². The van der Waals surface area contributed by atoms with Crippen LogP contribution in [0.25, 0.3) is 0 Å². The summed E-state index contributed by atoms with van der Waals surface area (Å²) in [5.74, 6) is 0. The number of hydrogen-bond acceptors (Lipinski definition) is 8. The summed E-state index contributed by atoms with van der Waals surface area (Å²) in [6.45, 7) is 4.70. The molecule has 1 unspecified atom stereocenters. The number of nitrogens with zero attached hydrogens (tertiary/aromatic N) is 3. The molecule has 10 heteroatoms. The van der Waals surface area contributed by atoms with E-state index in [9.17, 15) is 4.79 Å². The third-order valence-electron chi connectivity index (χ3n) is 3.54. The molecule has 0 radical (unpaired) electrons. The highest BCUT2D eigenvalue weighted by atomic mass is 31.2. The Morgan fingerprint density at radius 1 is 1.04 bits per heavy atom. The standard InChI is InChI=1S/C15H32N3O6P/c1-16(2)25(21-3)18-6-4-5-17(7-8-18)15(20)24-14-13-23-12-11-22-10-9-19/h19H,4-14H2,1-3H3. The van der Waals surface area contributed by atoms with Crippen molar-refractivity contribution in [3.63, 3.8) is 0 Å². The first kappa shape index (κ1) is 22.5. The Labute approximate surface area is 151 Å². The van der Waals surface area contributed by atoms with Gasteiger partial charge in [-0.3, -0.25) is 4.67 Å². The number of hydrogen-bond donors (Lipinski definition) is 1. The molecule has 9 nitrogen and oxygen atoms in total. The molecule has 0 aromatic rings. The molecule has 1 heterocycles.